The molecule has 1 unspecified atom stereocenters. The van der Waals surface area contributed by atoms with Gasteiger partial charge in [-0.25, -0.2) is 13.8 Å². The molecule has 2 aliphatic rings. The zero-order chi connectivity index (χ0) is 14.9. The van der Waals surface area contributed by atoms with Gasteiger partial charge < -0.3 is 10.2 Å². The summed E-state index contributed by atoms with van der Waals surface area (Å²) in [6.07, 6.45) is 1.45. The molecule has 1 fully saturated rings. The lowest BCUT2D eigenvalue weighted by atomic mass is 10.0. The molecule has 3 nitrogen and oxygen atoms in total. The highest BCUT2D eigenvalue weighted by Crippen LogP contribution is 2.30. The Morgan fingerprint density at radius 3 is 2.78 bits per heavy atom. The normalized spacial score (nSPS) is 23.6. The van der Waals surface area contributed by atoms with Gasteiger partial charge in [0.05, 0.1) is 5.69 Å². The van der Waals surface area contributed by atoms with Gasteiger partial charge in [0.15, 0.2) is 0 Å². The van der Waals surface area contributed by atoms with Gasteiger partial charge in [0, 0.05) is 38.4 Å². The van der Waals surface area contributed by atoms with Gasteiger partial charge >= 0.3 is 0 Å². The van der Waals surface area contributed by atoms with E-state index in [1.807, 2.05) is 11.0 Å². The summed E-state index contributed by atoms with van der Waals surface area (Å²) in [5, 5.41) is 3.41. The van der Waals surface area contributed by atoms with Crippen LogP contribution in [0.15, 0.2) is 12.1 Å². The molecule has 1 aromatic heterocycles. The van der Waals surface area contributed by atoms with E-state index in [1.54, 1.807) is 0 Å². The van der Waals surface area contributed by atoms with Crippen LogP contribution in [-0.2, 0) is 6.42 Å². The average Bonchev–Trinajstić information content (AvgIpc) is 2.75. The Hall–Kier alpha value is -0.650. The summed E-state index contributed by atoms with van der Waals surface area (Å²) in [6.45, 7) is 5.15. The van der Waals surface area contributed by atoms with E-state index in [0.717, 1.165) is 31.0 Å². The van der Waals surface area contributed by atoms with Crippen molar-refractivity contribution in [3.05, 3.63) is 23.4 Å². The maximum absolute atomic E-state index is 13.5. The topological polar surface area (TPSA) is 28.2 Å². The molecule has 132 valence electrons. The number of fused-ring (bicyclic) bond motifs is 1. The fraction of sp³-hybridized carbons (Fsp3) is 0.688. The van der Waals surface area contributed by atoms with Crippen molar-refractivity contribution in [2.24, 2.45) is 0 Å². The zero-order valence-electron chi connectivity index (χ0n) is 13.4. The van der Waals surface area contributed by atoms with Gasteiger partial charge in [0.2, 0.25) is 5.92 Å². The molecule has 0 aromatic carbocycles. The minimum Gasteiger partial charge on any atom is -0.356 e. The Morgan fingerprint density at radius 1 is 1.22 bits per heavy atom. The molecule has 0 saturated carbocycles. The van der Waals surface area contributed by atoms with Crippen LogP contribution in [-0.4, -0.2) is 37.1 Å². The first-order chi connectivity index (χ1) is 10.1. The van der Waals surface area contributed by atoms with Gasteiger partial charge in [0.1, 0.15) is 5.82 Å². The van der Waals surface area contributed by atoms with Crippen LogP contribution in [0.1, 0.15) is 43.4 Å². The molecule has 7 heteroatoms. The molecule has 0 bridgehead atoms. The number of anilines is 1. The molecule has 3 rings (SSSR count). The third-order valence-corrected chi connectivity index (χ3v) is 4.53. The number of aromatic nitrogens is 1. The molecule has 0 spiro atoms. The van der Waals surface area contributed by atoms with Crippen molar-refractivity contribution in [2.75, 3.05) is 31.1 Å². The van der Waals surface area contributed by atoms with Crippen LogP contribution in [0.5, 0.6) is 0 Å². The Labute approximate surface area is 149 Å². The lowest BCUT2D eigenvalue weighted by molar-refractivity contribution is -0.0102. The lowest BCUT2D eigenvalue weighted by Gasteiger charge is -2.23. The fourth-order valence-electron chi connectivity index (χ4n) is 3.24. The summed E-state index contributed by atoms with van der Waals surface area (Å²) < 4.78 is 27.0. The van der Waals surface area contributed by atoms with Gasteiger partial charge in [-0.2, -0.15) is 0 Å². The van der Waals surface area contributed by atoms with E-state index in [2.05, 4.69) is 18.3 Å². The molecule has 1 N–H and O–H groups in total. The zero-order valence-corrected chi connectivity index (χ0v) is 15.0. The van der Waals surface area contributed by atoms with Crippen LogP contribution in [0.2, 0.25) is 0 Å². The summed E-state index contributed by atoms with van der Waals surface area (Å²) in [4.78, 5) is 6.83. The molecule has 0 amide bonds. The van der Waals surface area contributed by atoms with Gasteiger partial charge in [-0.15, -0.1) is 24.8 Å². The second-order valence-electron chi connectivity index (χ2n) is 6.27. The van der Waals surface area contributed by atoms with Crippen molar-refractivity contribution in [3.8, 4) is 0 Å². The van der Waals surface area contributed by atoms with Crippen LogP contribution < -0.4 is 10.2 Å². The third kappa shape index (κ3) is 4.91. The predicted octanol–water partition coefficient (Wildman–Crippen LogP) is 3.80. The van der Waals surface area contributed by atoms with Crippen LogP contribution in [0, 0.1) is 0 Å². The van der Waals surface area contributed by atoms with Crippen molar-refractivity contribution in [3.63, 3.8) is 0 Å². The van der Waals surface area contributed by atoms with E-state index in [4.69, 9.17) is 4.98 Å². The van der Waals surface area contributed by atoms with Crippen LogP contribution in [0.3, 0.4) is 0 Å². The first kappa shape index (κ1) is 20.4. The van der Waals surface area contributed by atoms with Gasteiger partial charge in [-0.1, -0.05) is 13.0 Å². The highest BCUT2D eigenvalue weighted by atomic mass is 35.5. The van der Waals surface area contributed by atoms with E-state index in [9.17, 15) is 8.78 Å². The monoisotopic (exact) mass is 367 g/mol. The molecular weight excluding hydrogens is 343 g/mol. The number of alkyl halides is 2. The standard InChI is InChI=1S/C16H23F2N3.2ClH/c1-12-11-19-8-5-13-3-4-14(20-15(12)13)21-9-2-6-16(17,18)7-10-21;;/h3-4,12,19H,2,5-11H2,1H3;2*1H. The first-order valence-corrected chi connectivity index (χ1v) is 7.88. The van der Waals surface area contributed by atoms with Crippen LogP contribution in [0.4, 0.5) is 14.6 Å². The maximum atomic E-state index is 13.5. The summed E-state index contributed by atoms with van der Waals surface area (Å²) in [6, 6.07) is 4.13. The average molecular weight is 368 g/mol. The van der Waals surface area contributed by atoms with Crippen molar-refractivity contribution >= 4 is 30.6 Å². The Bertz CT molecular complexity index is 514. The van der Waals surface area contributed by atoms with Crippen molar-refractivity contribution < 1.29 is 8.78 Å². The van der Waals surface area contributed by atoms with Crippen LogP contribution in [0.25, 0.3) is 0 Å². The molecule has 0 aliphatic carbocycles. The molecule has 2 aliphatic heterocycles. The van der Waals surface area contributed by atoms with E-state index in [0.29, 0.717) is 25.4 Å². The summed E-state index contributed by atoms with van der Waals surface area (Å²) >= 11 is 0. The minimum absolute atomic E-state index is 0. The number of pyridine rings is 1. The fourth-order valence-corrected chi connectivity index (χ4v) is 3.24. The Morgan fingerprint density at radius 2 is 2.00 bits per heavy atom. The smallest absolute Gasteiger partial charge is 0.249 e. The van der Waals surface area contributed by atoms with Crippen molar-refractivity contribution in [2.45, 2.75) is 44.4 Å². The van der Waals surface area contributed by atoms with Crippen molar-refractivity contribution in [1.82, 2.24) is 10.3 Å². The predicted molar refractivity (Wildman–Crippen MR) is 94.7 cm³/mol. The quantitative estimate of drug-likeness (QED) is 0.817. The van der Waals surface area contributed by atoms with E-state index >= 15 is 0 Å². The second kappa shape index (κ2) is 8.45. The summed E-state index contributed by atoms with van der Waals surface area (Å²) in [7, 11) is 0. The first-order valence-electron chi connectivity index (χ1n) is 7.88. The van der Waals surface area contributed by atoms with Crippen molar-refractivity contribution in [1.29, 1.82) is 0 Å². The van der Waals surface area contributed by atoms with Gasteiger partial charge in [0.25, 0.3) is 0 Å². The molecule has 1 atom stereocenters. The lowest BCUT2D eigenvalue weighted by Crippen LogP contribution is -2.27. The molecule has 1 saturated heterocycles. The number of hydrogen-bond acceptors (Lipinski definition) is 3. The van der Waals surface area contributed by atoms with E-state index in [1.165, 1.54) is 5.56 Å². The summed E-state index contributed by atoms with van der Waals surface area (Å²) in [5.41, 5.74) is 2.42. The number of nitrogens with one attached hydrogen (secondary N) is 1. The molecule has 0 radical (unpaired) electrons. The van der Waals surface area contributed by atoms with Gasteiger partial charge in [-0.3, -0.25) is 0 Å². The number of nitrogens with zero attached hydrogens (tertiary/aromatic N) is 2. The highest BCUT2D eigenvalue weighted by Gasteiger charge is 2.32. The summed E-state index contributed by atoms with van der Waals surface area (Å²) in [5.74, 6) is -1.28. The SMILES string of the molecule is CC1CNCCc2ccc(N3CCCC(F)(F)CC3)nc21.Cl.Cl. The molecule has 23 heavy (non-hydrogen) atoms. The van der Waals surface area contributed by atoms with E-state index < -0.39 is 5.92 Å². The van der Waals surface area contributed by atoms with Crippen LogP contribution >= 0.6 is 24.8 Å². The Balaban J connectivity index is 0.00000132. The third-order valence-electron chi connectivity index (χ3n) is 4.53. The molecule has 3 heterocycles. The largest absolute Gasteiger partial charge is 0.356 e. The number of hydrogen-bond donors (Lipinski definition) is 1. The van der Waals surface area contributed by atoms with Gasteiger partial charge in [-0.05, 0) is 31.0 Å². The number of rotatable bonds is 1. The molecule has 1 aromatic rings. The minimum atomic E-state index is -2.52. The van der Waals surface area contributed by atoms with E-state index in [-0.39, 0.29) is 37.7 Å². The molecular formula is C16H25Cl2F2N3. The second-order valence-corrected chi connectivity index (χ2v) is 6.27. The highest BCUT2D eigenvalue weighted by molar-refractivity contribution is 5.85. The maximum Gasteiger partial charge on any atom is 0.249 e. The number of halogens is 4. The Kier molecular flexibility index (Phi) is 7.49.